The van der Waals surface area contributed by atoms with E-state index in [1.54, 1.807) is 6.07 Å². The lowest BCUT2D eigenvalue weighted by atomic mass is 9.76. The van der Waals surface area contributed by atoms with Crippen LogP contribution in [0, 0.1) is 18.8 Å². The highest BCUT2D eigenvalue weighted by molar-refractivity contribution is 5.95. The Morgan fingerprint density at radius 1 is 1.10 bits per heavy atom. The Morgan fingerprint density at radius 3 is 2.29 bits per heavy atom. The molecule has 0 radical (unpaired) electrons. The topological polar surface area (TPSA) is 69.2 Å². The van der Waals surface area contributed by atoms with Crippen molar-refractivity contribution in [2.45, 2.75) is 33.6 Å². The smallest absolute Gasteiger partial charge is 0.228 e. The summed E-state index contributed by atoms with van der Waals surface area (Å²) in [5.74, 6) is -2.72. The lowest BCUT2D eigenvalue weighted by Crippen LogP contribution is -2.42. The number of carboxylic acid groups (broad SMARTS) is 1. The predicted molar refractivity (Wildman–Crippen MR) is 79.4 cm³/mol. The van der Waals surface area contributed by atoms with E-state index in [1.165, 1.54) is 0 Å². The average molecular weight is 286 g/mol. The second-order valence-corrected chi connectivity index (χ2v) is 5.86. The van der Waals surface area contributed by atoms with Gasteiger partial charge in [0.2, 0.25) is 5.91 Å². The van der Waals surface area contributed by atoms with Gasteiger partial charge in [-0.25, -0.2) is 0 Å². The van der Waals surface area contributed by atoms with Crippen LogP contribution in [-0.2, 0) is 9.59 Å². The minimum atomic E-state index is -1.15. The molecular weight excluding hydrogens is 266 g/mol. The van der Waals surface area contributed by atoms with Gasteiger partial charge in [0, 0.05) is 17.6 Å². The molecule has 1 aliphatic carbocycles. The third-order valence-electron chi connectivity index (χ3n) is 4.19. The number of aliphatic carboxylic acids is 1. The number of allylic oxidation sites excluding steroid dienone is 2. The molecule has 0 bridgehead atoms. The maximum absolute atomic E-state index is 12.4. The fraction of sp³-hybridized carbons (Fsp3) is 0.412. The fourth-order valence-electron chi connectivity index (χ4n) is 2.77. The molecule has 4 heteroatoms. The maximum Gasteiger partial charge on any atom is 0.228 e. The Labute approximate surface area is 124 Å². The Balaban J connectivity index is 2.18. The highest BCUT2D eigenvalue weighted by Gasteiger charge is 2.33. The van der Waals surface area contributed by atoms with E-state index < -0.39 is 17.8 Å². The van der Waals surface area contributed by atoms with Crippen molar-refractivity contribution < 1.29 is 14.7 Å². The predicted octanol–water partition coefficient (Wildman–Crippen LogP) is 2.05. The molecule has 0 aromatic heterocycles. The Bertz CT molecular complexity index is 604. The molecule has 0 saturated heterocycles. The van der Waals surface area contributed by atoms with E-state index in [4.69, 9.17) is 0 Å². The molecule has 0 spiro atoms. The van der Waals surface area contributed by atoms with Gasteiger partial charge in [0.25, 0.3) is 0 Å². The number of hydrogen-bond acceptors (Lipinski definition) is 3. The number of anilines is 1. The van der Waals surface area contributed by atoms with Crippen LogP contribution in [0.1, 0.15) is 32.3 Å². The van der Waals surface area contributed by atoms with Gasteiger partial charge in [-0.3, -0.25) is 4.79 Å². The number of benzene rings is 1. The molecular formula is C17H20NO3-. The summed E-state index contributed by atoms with van der Waals surface area (Å²) in [6, 6.07) is 7.46. The fourth-order valence-corrected chi connectivity index (χ4v) is 2.77. The van der Waals surface area contributed by atoms with Gasteiger partial charge in [-0.15, -0.1) is 0 Å². The first kappa shape index (κ1) is 15.3. The lowest BCUT2D eigenvalue weighted by molar-refractivity contribution is -0.313. The van der Waals surface area contributed by atoms with Gasteiger partial charge in [0.1, 0.15) is 0 Å². The van der Waals surface area contributed by atoms with E-state index in [1.807, 2.05) is 39.0 Å². The maximum atomic E-state index is 12.4. The molecule has 0 unspecified atom stereocenters. The second-order valence-electron chi connectivity index (χ2n) is 5.86. The molecule has 1 aromatic rings. The minimum Gasteiger partial charge on any atom is -0.550 e. The van der Waals surface area contributed by atoms with E-state index in [0.29, 0.717) is 18.5 Å². The zero-order valence-corrected chi connectivity index (χ0v) is 12.6. The molecule has 4 nitrogen and oxygen atoms in total. The van der Waals surface area contributed by atoms with Crippen molar-refractivity contribution in [3.8, 4) is 0 Å². The molecule has 1 N–H and O–H groups in total. The van der Waals surface area contributed by atoms with Gasteiger partial charge in [-0.1, -0.05) is 23.3 Å². The van der Waals surface area contributed by atoms with Crippen LogP contribution >= 0.6 is 0 Å². The van der Waals surface area contributed by atoms with Crippen molar-refractivity contribution in [3.63, 3.8) is 0 Å². The molecule has 1 aromatic carbocycles. The number of hydrogen-bond donors (Lipinski definition) is 1. The quantitative estimate of drug-likeness (QED) is 0.865. The van der Waals surface area contributed by atoms with Crippen LogP contribution in [0.4, 0.5) is 5.69 Å². The van der Waals surface area contributed by atoms with Crippen LogP contribution in [0.15, 0.2) is 35.4 Å². The first-order valence-corrected chi connectivity index (χ1v) is 7.12. The average Bonchev–Trinajstić information content (AvgIpc) is 2.41. The van der Waals surface area contributed by atoms with E-state index in [2.05, 4.69) is 5.32 Å². The molecule has 0 saturated carbocycles. The third kappa shape index (κ3) is 3.51. The summed E-state index contributed by atoms with van der Waals surface area (Å²) in [7, 11) is 0. The number of nitrogens with one attached hydrogen (secondary N) is 1. The number of rotatable bonds is 3. The zero-order chi connectivity index (χ0) is 15.6. The van der Waals surface area contributed by atoms with Crippen LogP contribution < -0.4 is 10.4 Å². The molecule has 2 atom stereocenters. The standard InChI is InChI=1S/C17H21NO3/c1-10-5-4-6-13(7-10)18-16(19)14-8-11(2)12(3)9-15(14)17(20)21/h4-7,14-15H,8-9H2,1-3H3,(H,18,19)(H,20,21)/p-1/t14-,15-/m1/s1. The van der Waals surface area contributed by atoms with Gasteiger partial charge in [0.15, 0.2) is 0 Å². The molecule has 1 aliphatic rings. The number of carboxylic acids is 1. The van der Waals surface area contributed by atoms with Crippen LogP contribution in [0.5, 0.6) is 0 Å². The summed E-state index contributed by atoms with van der Waals surface area (Å²) in [5.41, 5.74) is 3.88. The summed E-state index contributed by atoms with van der Waals surface area (Å²) in [6.45, 7) is 5.81. The molecule has 0 fully saturated rings. The molecule has 21 heavy (non-hydrogen) atoms. The lowest BCUT2D eigenvalue weighted by Gasteiger charge is -2.32. The summed E-state index contributed by atoms with van der Waals surface area (Å²) in [5, 5.41) is 14.1. The van der Waals surface area contributed by atoms with Gasteiger partial charge in [0.05, 0.1) is 5.92 Å². The van der Waals surface area contributed by atoms with Gasteiger partial charge < -0.3 is 15.2 Å². The zero-order valence-electron chi connectivity index (χ0n) is 12.6. The number of carbonyl (C=O) groups is 2. The number of aryl methyl sites for hydroxylation is 1. The van der Waals surface area contributed by atoms with Crippen molar-refractivity contribution in [2.24, 2.45) is 11.8 Å². The highest BCUT2D eigenvalue weighted by Crippen LogP contribution is 2.34. The largest absolute Gasteiger partial charge is 0.550 e. The van der Waals surface area contributed by atoms with Gasteiger partial charge in [-0.05, 0) is 51.3 Å². The van der Waals surface area contributed by atoms with Crippen molar-refractivity contribution >= 4 is 17.6 Å². The van der Waals surface area contributed by atoms with Crippen LogP contribution in [0.25, 0.3) is 0 Å². The summed E-state index contributed by atoms with van der Waals surface area (Å²) in [4.78, 5) is 23.7. The van der Waals surface area contributed by atoms with Crippen LogP contribution in [-0.4, -0.2) is 11.9 Å². The van der Waals surface area contributed by atoms with Crippen LogP contribution in [0.3, 0.4) is 0 Å². The minimum absolute atomic E-state index is 0.248. The first-order valence-electron chi connectivity index (χ1n) is 7.12. The number of carbonyl (C=O) groups excluding carboxylic acids is 2. The molecule has 0 aliphatic heterocycles. The highest BCUT2D eigenvalue weighted by atomic mass is 16.4. The van der Waals surface area contributed by atoms with E-state index >= 15 is 0 Å². The van der Waals surface area contributed by atoms with E-state index in [9.17, 15) is 14.7 Å². The van der Waals surface area contributed by atoms with Crippen LogP contribution in [0.2, 0.25) is 0 Å². The second kappa shape index (κ2) is 6.12. The normalized spacial score (nSPS) is 22.0. The van der Waals surface area contributed by atoms with Crippen molar-refractivity contribution in [1.82, 2.24) is 0 Å². The SMILES string of the molecule is CC1=C(C)C[C@@H](C(=O)Nc2cccc(C)c2)[C@H](C(=O)[O-])C1. The Hall–Kier alpha value is -2.10. The van der Waals surface area contributed by atoms with Gasteiger partial charge >= 0.3 is 0 Å². The molecule has 1 amide bonds. The number of amides is 1. The van der Waals surface area contributed by atoms with Crippen molar-refractivity contribution in [3.05, 3.63) is 41.0 Å². The van der Waals surface area contributed by atoms with Crippen molar-refractivity contribution in [1.29, 1.82) is 0 Å². The summed E-state index contributed by atoms with van der Waals surface area (Å²) >= 11 is 0. The molecule has 112 valence electrons. The first-order chi connectivity index (χ1) is 9.88. The van der Waals surface area contributed by atoms with E-state index in [0.717, 1.165) is 16.7 Å². The summed E-state index contributed by atoms with van der Waals surface area (Å²) < 4.78 is 0. The Kier molecular flexibility index (Phi) is 4.46. The summed E-state index contributed by atoms with van der Waals surface area (Å²) in [6.07, 6.45) is 0.863. The molecule has 0 heterocycles. The third-order valence-corrected chi connectivity index (χ3v) is 4.19. The monoisotopic (exact) mass is 286 g/mol. The van der Waals surface area contributed by atoms with Crippen molar-refractivity contribution in [2.75, 3.05) is 5.32 Å². The van der Waals surface area contributed by atoms with E-state index in [-0.39, 0.29) is 5.91 Å². The van der Waals surface area contributed by atoms with Gasteiger partial charge in [-0.2, -0.15) is 0 Å². The molecule has 2 rings (SSSR count). The Morgan fingerprint density at radius 2 is 1.71 bits per heavy atom.